The van der Waals surface area contributed by atoms with Crippen molar-refractivity contribution >= 4 is 11.0 Å². The van der Waals surface area contributed by atoms with Crippen LogP contribution >= 0.6 is 0 Å². The summed E-state index contributed by atoms with van der Waals surface area (Å²) in [7, 11) is 6.00. The molecule has 0 atom stereocenters. The summed E-state index contributed by atoms with van der Waals surface area (Å²) in [4.78, 5) is 13.0. The lowest BCUT2D eigenvalue weighted by Gasteiger charge is -2.18. The molecule has 0 aliphatic rings. The van der Waals surface area contributed by atoms with Crippen LogP contribution in [0.3, 0.4) is 0 Å². The molecule has 2 aromatic carbocycles. The molecule has 1 aromatic heterocycles. The number of aliphatic hydroxyl groups excluding tert-OH is 1. The van der Waals surface area contributed by atoms with E-state index in [2.05, 4.69) is 0 Å². The monoisotopic (exact) mass is 416 g/mol. The van der Waals surface area contributed by atoms with Crippen LogP contribution < -0.4 is 24.6 Å². The number of methoxy groups -OCH3 is 4. The Bertz CT molecular complexity index is 1090. The number of rotatable bonds is 9. The lowest BCUT2D eigenvalue weighted by molar-refractivity contribution is 0.0512. The molecule has 8 heteroatoms. The van der Waals surface area contributed by atoms with Crippen LogP contribution in [0.25, 0.3) is 22.1 Å². The molecule has 0 fully saturated rings. The molecule has 0 amide bonds. The van der Waals surface area contributed by atoms with Crippen molar-refractivity contribution in [3.63, 3.8) is 0 Å². The molecule has 30 heavy (non-hydrogen) atoms. The number of fused-ring (bicyclic) bond motifs is 1. The van der Waals surface area contributed by atoms with Gasteiger partial charge >= 0.3 is 5.63 Å². The Morgan fingerprint density at radius 1 is 0.967 bits per heavy atom. The van der Waals surface area contributed by atoms with Gasteiger partial charge in [0.15, 0.2) is 18.3 Å². The van der Waals surface area contributed by atoms with Gasteiger partial charge in [-0.15, -0.1) is 0 Å². The Balaban J connectivity index is 2.30. The molecule has 160 valence electrons. The van der Waals surface area contributed by atoms with E-state index in [0.717, 1.165) is 0 Å². The van der Waals surface area contributed by atoms with Gasteiger partial charge < -0.3 is 33.2 Å². The highest BCUT2D eigenvalue weighted by molar-refractivity contribution is 5.90. The summed E-state index contributed by atoms with van der Waals surface area (Å²) in [6.07, 6.45) is 0.243. The first-order chi connectivity index (χ1) is 14.6. The van der Waals surface area contributed by atoms with Gasteiger partial charge in [-0.3, -0.25) is 0 Å². The smallest absolute Gasteiger partial charge is 0.344 e. The normalized spacial score (nSPS) is 10.8. The van der Waals surface area contributed by atoms with Crippen LogP contribution in [0.15, 0.2) is 39.5 Å². The molecule has 0 saturated carbocycles. The van der Waals surface area contributed by atoms with E-state index in [1.807, 2.05) is 0 Å². The van der Waals surface area contributed by atoms with Gasteiger partial charge in [0.25, 0.3) is 0 Å². The summed E-state index contributed by atoms with van der Waals surface area (Å²) in [5.74, 6) is 1.66. The predicted molar refractivity (Wildman–Crippen MR) is 111 cm³/mol. The number of aliphatic hydroxyl groups is 1. The zero-order valence-electron chi connectivity index (χ0n) is 17.3. The summed E-state index contributed by atoms with van der Waals surface area (Å²) in [6.45, 7) is -0.0801. The Morgan fingerprint density at radius 2 is 1.73 bits per heavy atom. The quantitative estimate of drug-likeness (QED) is 0.420. The maximum absolute atomic E-state index is 13.0. The highest BCUT2D eigenvalue weighted by atomic mass is 16.7. The number of hydrogen-bond acceptors (Lipinski definition) is 8. The molecule has 0 bridgehead atoms. The van der Waals surface area contributed by atoms with Crippen molar-refractivity contribution in [2.45, 2.75) is 6.42 Å². The van der Waals surface area contributed by atoms with Gasteiger partial charge in [-0.2, -0.15) is 0 Å². The van der Waals surface area contributed by atoms with Gasteiger partial charge in [0.2, 0.25) is 5.75 Å². The van der Waals surface area contributed by atoms with Gasteiger partial charge in [-0.25, -0.2) is 4.79 Å². The molecule has 1 N–H and O–H groups in total. The van der Waals surface area contributed by atoms with E-state index in [0.29, 0.717) is 50.7 Å². The molecule has 3 rings (SSSR count). The minimum absolute atomic E-state index is 0.0696. The second kappa shape index (κ2) is 9.51. The zero-order valence-corrected chi connectivity index (χ0v) is 17.3. The van der Waals surface area contributed by atoms with E-state index < -0.39 is 5.63 Å². The van der Waals surface area contributed by atoms with E-state index >= 15 is 0 Å². The zero-order chi connectivity index (χ0) is 21.7. The molecule has 1 heterocycles. The fraction of sp³-hybridized carbons (Fsp3) is 0.318. The van der Waals surface area contributed by atoms with E-state index in [4.69, 9.17) is 28.1 Å². The summed E-state index contributed by atoms with van der Waals surface area (Å²) in [5, 5.41) is 10.4. The van der Waals surface area contributed by atoms with Crippen LogP contribution in [0, 0.1) is 0 Å². The topological polar surface area (TPSA) is 96.6 Å². The molecule has 0 aliphatic carbocycles. The number of ether oxygens (including phenoxy) is 5. The average Bonchev–Trinajstić information content (AvgIpc) is 2.76. The molecule has 3 aromatic rings. The summed E-state index contributed by atoms with van der Waals surface area (Å²) in [6, 6.07) is 8.54. The fourth-order valence-electron chi connectivity index (χ4n) is 3.40. The third-order valence-electron chi connectivity index (χ3n) is 4.67. The van der Waals surface area contributed by atoms with Crippen molar-refractivity contribution in [2.75, 3.05) is 41.8 Å². The summed E-state index contributed by atoms with van der Waals surface area (Å²) < 4.78 is 32.2. The molecule has 0 unspecified atom stereocenters. The first-order valence-electron chi connectivity index (χ1n) is 9.21. The number of benzene rings is 2. The molecule has 0 aliphatic heterocycles. The first-order valence-corrected chi connectivity index (χ1v) is 9.21. The molecular weight excluding hydrogens is 392 g/mol. The van der Waals surface area contributed by atoms with Crippen molar-refractivity contribution < 1.29 is 33.2 Å². The SMILES string of the molecule is COCOc1ccc2c(CCO)c(-c3ccc(OC)c(OC)c3OC)c(=O)oc2c1. The molecule has 0 radical (unpaired) electrons. The average molecular weight is 416 g/mol. The Labute approximate surface area is 173 Å². The van der Waals surface area contributed by atoms with Gasteiger partial charge in [0.1, 0.15) is 11.3 Å². The standard InChI is InChI=1S/C22H24O8/c1-25-12-29-13-5-6-14-15(9-10-23)19(22(24)30-18(14)11-13)16-7-8-17(26-2)21(28-4)20(16)27-3/h5-8,11,23H,9-10,12H2,1-4H3. The second-order valence-electron chi connectivity index (χ2n) is 6.31. The van der Waals surface area contributed by atoms with Crippen molar-refractivity contribution in [2.24, 2.45) is 0 Å². The summed E-state index contributed by atoms with van der Waals surface area (Å²) in [5.41, 5.74) is 1.18. The van der Waals surface area contributed by atoms with E-state index in [1.165, 1.54) is 28.4 Å². The van der Waals surface area contributed by atoms with Gasteiger partial charge in [0, 0.05) is 30.7 Å². The highest BCUT2D eigenvalue weighted by Gasteiger charge is 2.24. The van der Waals surface area contributed by atoms with Crippen LogP contribution in [0.4, 0.5) is 0 Å². The minimum atomic E-state index is -0.569. The maximum Gasteiger partial charge on any atom is 0.344 e. The van der Waals surface area contributed by atoms with Crippen LogP contribution in [-0.4, -0.2) is 46.9 Å². The second-order valence-corrected chi connectivity index (χ2v) is 6.31. The Kier molecular flexibility index (Phi) is 6.81. The van der Waals surface area contributed by atoms with Gasteiger partial charge in [0.05, 0.1) is 26.9 Å². The Hall–Kier alpha value is -3.23. The maximum atomic E-state index is 13.0. The van der Waals surface area contributed by atoms with Crippen LogP contribution in [-0.2, 0) is 11.2 Å². The predicted octanol–water partition coefficient (Wildman–Crippen LogP) is 3.00. The first kappa shape index (κ1) is 21.5. The molecular formula is C22H24O8. The third kappa shape index (κ3) is 3.92. The van der Waals surface area contributed by atoms with Crippen molar-refractivity contribution in [3.05, 3.63) is 46.3 Å². The molecule has 0 saturated heterocycles. The largest absolute Gasteiger partial charge is 0.493 e. The van der Waals surface area contributed by atoms with E-state index in [9.17, 15) is 9.90 Å². The van der Waals surface area contributed by atoms with E-state index in [1.54, 1.807) is 30.3 Å². The van der Waals surface area contributed by atoms with Crippen molar-refractivity contribution in [1.82, 2.24) is 0 Å². The lowest BCUT2D eigenvalue weighted by atomic mass is 9.95. The Morgan fingerprint density at radius 3 is 2.37 bits per heavy atom. The lowest BCUT2D eigenvalue weighted by Crippen LogP contribution is -2.11. The summed E-state index contributed by atoms with van der Waals surface area (Å²) >= 11 is 0. The van der Waals surface area contributed by atoms with Crippen LogP contribution in [0.2, 0.25) is 0 Å². The highest BCUT2D eigenvalue weighted by Crippen LogP contribution is 2.45. The van der Waals surface area contributed by atoms with E-state index in [-0.39, 0.29) is 19.8 Å². The minimum Gasteiger partial charge on any atom is -0.493 e. The van der Waals surface area contributed by atoms with Crippen LogP contribution in [0.5, 0.6) is 23.0 Å². The van der Waals surface area contributed by atoms with Crippen molar-refractivity contribution in [1.29, 1.82) is 0 Å². The molecule has 0 spiro atoms. The van der Waals surface area contributed by atoms with Crippen LogP contribution in [0.1, 0.15) is 5.56 Å². The van der Waals surface area contributed by atoms with Gasteiger partial charge in [-0.05, 0) is 36.2 Å². The van der Waals surface area contributed by atoms with Crippen molar-refractivity contribution in [3.8, 4) is 34.1 Å². The third-order valence-corrected chi connectivity index (χ3v) is 4.67. The van der Waals surface area contributed by atoms with Gasteiger partial charge in [-0.1, -0.05) is 0 Å². The molecule has 8 nitrogen and oxygen atoms in total. The fourth-order valence-corrected chi connectivity index (χ4v) is 3.40. The number of hydrogen-bond donors (Lipinski definition) is 1.